The molecule has 0 heterocycles. The Balaban J connectivity index is 1.43. The van der Waals surface area contributed by atoms with Gasteiger partial charge in [0, 0.05) is 6.42 Å². The van der Waals surface area contributed by atoms with Gasteiger partial charge in [-0.2, -0.15) is 0 Å². The van der Waals surface area contributed by atoms with Crippen molar-refractivity contribution in [2.45, 2.75) is 71.0 Å². The van der Waals surface area contributed by atoms with Gasteiger partial charge in [0.25, 0.3) is 0 Å². The van der Waals surface area contributed by atoms with Crippen molar-refractivity contribution in [2.75, 3.05) is 20.3 Å². The summed E-state index contributed by atoms with van der Waals surface area (Å²) in [5.41, 5.74) is 2.66. The largest absolute Gasteiger partial charge is 0.493 e. The van der Waals surface area contributed by atoms with Crippen LogP contribution in [0.4, 0.5) is 0 Å². The van der Waals surface area contributed by atoms with Crippen LogP contribution >= 0.6 is 0 Å². The SMILES string of the molecule is CCc1ccc(OC(CC)OCCOc2ccc(C3CCCCC3)cc2)c(OC)c1. The number of hydrogen-bond acceptors (Lipinski definition) is 4. The summed E-state index contributed by atoms with van der Waals surface area (Å²) >= 11 is 0. The van der Waals surface area contributed by atoms with Gasteiger partial charge in [0.2, 0.25) is 0 Å². The summed E-state index contributed by atoms with van der Waals surface area (Å²) in [6.45, 7) is 5.13. The lowest BCUT2D eigenvalue weighted by atomic mass is 9.84. The van der Waals surface area contributed by atoms with Crippen LogP contribution in [0, 0.1) is 0 Å². The van der Waals surface area contributed by atoms with Crippen LogP contribution in [0.5, 0.6) is 17.2 Å². The highest BCUT2D eigenvalue weighted by atomic mass is 16.7. The maximum Gasteiger partial charge on any atom is 0.199 e. The quantitative estimate of drug-likeness (QED) is 0.311. The summed E-state index contributed by atoms with van der Waals surface area (Å²) in [6, 6.07) is 14.6. The van der Waals surface area contributed by atoms with E-state index in [1.54, 1.807) is 7.11 Å². The highest BCUT2D eigenvalue weighted by molar-refractivity contribution is 5.43. The molecule has 1 aliphatic rings. The van der Waals surface area contributed by atoms with Gasteiger partial charge in [0.05, 0.1) is 13.7 Å². The minimum absolute atomic E-state index is 0.330. The molecule has 2 aromatic rings. The summed E-state index contributed by atoms with van der Waals surface area (Å²) < 4.78 is 23.2. The zero-order valence-corrected chi connectivity index (χ0v) is 18.7. The van der Waals surface area contributed by atoms with Crippen LogP contribution in [-0.2, 0) is 11.2 Å². The molecule has 0 saturated heterocycles. The van der Waals surface area contributed by atoms with Crippen LogP contribution in [0.2, 0.25) is 0 Å². The molecule has 2 aromatic carbocycles. The van der Waals surface area contributed by atoms with E-state index in [1.165, 1.54) is 43.2 Å². The third-order valence-corrected chi connectivity index (χ3v) is 5.84. The first-order chi connectivity index (χ1) is 14.7. The number of benzene rings is 2. The topological polar surface area (TPSA) is 36.9 Å². The summed E-state index contributed by atoms with van der Waals surface area (Å²) in [6.07, 6.45) is 8.11. The minimum Gasteiger partial charge on any atom is -0.493 e. The van der Waals surface area contributed by atoms with Crippen molar-refractivity contribution in [3.05, 3.63) is 53.6 Å². The Labute approximate surface area is 181 Å². The molecule has 0 aromatic heterocycles. The highest BCUT2D eigenvalue weighted by Gasteiger charge is 2.15. The average Bonchev–Trinajstić information content (AvgIpc) is 2.82. The fraction of sp³-hybridized carbons (Fsp3) is 0.538. The molecule has 164 valence electrons. The molecule has 0 aliphatic heterocycles. The van der Waals surface area contributed by atoms with Gasteiger partial charge in [-0.25, -0.2) is 0 Å². The van der Waals surface area contributed by atoms with E-state index in [0.717, 1.165) is 30.3 Å². The molecule has 1 fully saturated rings. The number of rotatable bonds is 11. The summed E-state index contributed by atoms with van der Waals surface area (Å²) in [4.78, 5) is 0. The molecule has 0 radical (unpaired) electrons. The molecule has 30 heavy (non-hydrogen) atoms. The fourth-order valence-electron chi connectivity index (χ4n) is 4.02. The molecule has 0 amide bonds. The molecule has 4 nitrogen and oxygen atoms in total. The molecule has 0 bridgehead atoms. The molecule has 1 saturated carbocycles. The van der Waals surface area contributed by atoms with Gasteiger partial charge in [-0.05, 0) is 60.6 Å². The van der Waals surface area contributed by atoms with Crippen molar-refractivity contribution >= 4 is 0 Å². The number of hydrogen-bond donors (Lipinski definition) is 0. The zero-order valence-electron chi connectivity index (χ0n) is 18.7. The van der Waals surface area contributed by atoms with Gasteiger partial charge in [-0.15, -0.1) is 0 Å². The van der Waals surface area contributed by atoms with Crippen LogP contribution in [0.15, 0.2) is 42.5 Å². The highest BCUT2D eigenvalue weighted by Crippen LogP contribution is 2.33. The van der Waals surface area contributed by atoms with E-state index >= 15 is 0 Å². The normalized spacial score (nSPS) is 15.6. The van der Waals surface area contributed by atoms with E-state index in [4.69, 9.17) is 18.9 Å². The molecule has 0 N–H and O–H groups in total. The molecule has 1 unspecified atom stereocenters. The van der Waals surface area contributed by atoms with Gasteiger partial charge in [0.15, 0.2) is 17.8 Å². The lowest BCUT2D eigenvalue weighted by Crippen LogP contribution is -2.22. The van der Waals surface area contributed by atoms with Crippen molar-refractivity contribution < 1.29 is 18.9 Å². The van der Waals surface area contributed by atoms with Crippen molar-refractivity contribution in [1.29, 1.82) is 0 Å². The first kappa shape index (κ1) is 22.5. The van der Waals surface area contributed by atoms with E-state index in [-0.39, 0.29) is 6.29 Å². The predicted octanol–water partition coefficient (Wildman–Crippen LogP) is 6.52. The summed E-state index contributed by atoms with van der Waals surface area (Å²) in [5.74, 6) is 3.07. The summed E-state index contributed by atoms with van der Waals surface area (Å²) in [7, 11) is 1.66. The van der Waals surface area contributed by atoms with E-state index in [0.29, 0.717) is 19.0 Å². The Bertz CT molecular complexity index is 750. The van der Waals surface area contributed by atoms with Crippen LogP contribution in [0.25, 0.3) is 0 Å². The van der Waals surface area contributed by atoms with Gasteiger partial charge >= 0.3 is 0 Å². The van der Waals surface area contributed by atoms with E-state index in [2.05, 4.69) is 37.3 Å². The van der Waals surface area contributed by atoms with Gasteiger partial charge < -0.3 is 18.9 Å². The number of ether oxygens (including phenoxy) is 4. The maximum atomic E-state index is 6.02. The van der Waals surface area contributed by atoms with Crippen LogP contribution < -0.4 is 14.2 Å². The Morgan fingerprint density at radius 1 is 0.900 bits per heavy atom. The zero-order chi connectivity index (χ0) is 21.2. The average molecular weight is 413 g/mol. The molecule has 4 heteroatoms. The Morgan fingerprint density at radius 2 is 1.67 bits per heavy atom. The molecular weight excluding hydrogens is 376 g/mol. The van der Waals surface area contributed by atoms with E-state index < -0.39 is 0 Å². The third-order valence-electron chi connectivity index (χ3n) is 5.84. The van der Waals surface area contributed by atoms with Crippen molar-refractivity contribution in [3.63, 3.8) is 0 Å². The first-order valence-corrected chi connectivity index (χ1v) is 11.4. The second kappa shape index (κ2) is 11.8. The van der Waals surface area contributed by atoms with Crippen molar-refractivity contribution in [3.8, 4) is 17.2 Å². The molecule has 1 atom stereocenters. The lowest BCUT2D eigenvalue weighted by Gasteiger charge is -2.22. The van der Waals surface area contributed by atoms with Crippen molar-refractivity contribution in [1.82, 2.24) is 0 Å². The molecular formula is C26H36O4. The van der Waals surface area contributed by atoms with Crippen molar-refractivity contribution in [2.24, 2.45) is 0 Å². The molecule has 0 spiro atoms. The van der Waals surface area contributed by atoms with Gasteiger partial charge in [0.1, 0.15) is 12.4 Å². The monoisotopic (exact) mass is 412 g/mol. The number of methoxy groups -OCH3 is 1. The van der Waals surface area contributed by atoms with Gasteiger partial charge in [-0.3, -0.25) is 0 Å². The predicted molar refractivity (Wildman–Crippen MR) is 121 cm³/mol. The Hall–Kier alpha value is -2.20. The first-order valence-electron chi connectivity index (χ1n) is 11.4. The van der Waals surface area contributed by atoms with Crippen LogP contribution in [-0.4, -0.2) is 26.6 Å². The third kappa shape index (κ3) is 6.40. The number of aryl methyl sites for hydroxylation is 1. The standard InChI is InChI=1S/C26H36O4/c1-4-20-11-16-24(25(19-20)27-3)30-26(5-2)29-18-17-28-23-14-12-22(13-15-23)21-9-7-6-8-10-21/h11-16,19,21,26H,4-10,17-18H2,1-3H3. The summed E-state index contributed by atoms with van der Waals surface area (Å²) in [5, 5.41) is 0. The second-order valence-corrected chi connectivity index (χ2v) is 7.92. The lowest BCUT2D eigenvalue weighted by molar-refractivity contribution is -0.0889. The molecule has 1 aliphatic carbocycles. The van der Waals surface area contributed by atoms with Crippen LogP contribution in [0.3, 0.4) is 0 Å². The van der Waals surface area contributed by atoms with Gasteiger partial charge in [-0.1, -0.05) is 51.3 Å². The fourth-order valence-corrected chi connectivity index (χ4v) is 4.02. The Morgan fingerprint density at radius 3 is 2.33 bits per heavy atom. The minimum atomic E-state index is -0.330. The second-order valence-electron chi connectivity index (χ2n) is 7.92. The Kier molecular flexibility index (Phi) is 8.88. The van der Waals surface area contributed by atoms with E-state index in [9.17, 15) is 0 Å². The smallest absolute Gasteiger partial charge is 0.199 e. The molecule has 3 rings (SSSR count). The van der Waals surface area contributed by atoms with Crippen LogP contribution in [0.1, 0.15) is 69.4 Å². The maximum absolute atomic E-state index is 6.02. The van der Waals surface area contributed by atoms with E-state index in [1.807, 2.05) is 19.1 Å².